The van der Waals surface area contributed by atoms with Crippen LogP contribution in [-0.2, 0) is 11.2 Å². The topological polar surface area (TPSA) is 34.2 Å². The summed E-state index contributed by atoms with van der Waals surface area (Å²) in [4.78, 5) is 4.36. The molecule has 0 bridgehead atoms. The summed E-state index contributed by atoms with van der Waals surface area (Å²) in [5.41, 5.74) is 1.14. The van der Waals surface area contributed by atoms with E-state index in [0.717, 1.165) is 25.7 Å². The van der Waals surface area contributed by atoms with Gasteiger partial charge in [-0.25, -0.2) is 0 Å². The average Bonchev–Trinajstić information content (AvgIpc) is 2.40. The van der Waals surface area contributed by atoms with Gasteiger partial charge in [-0.1, -0.05) is 6.07 Å². The standard InChI is InChI=1S/C15H26N2O/c1-15(2,18-4)11-10-13(16-3)8-9-14-7-5-6-12-17-14/h5-7,12-13,16H,8-11H2,1-4H3. The summed E-state index contributed by atoms with van der Waals surface area (Å²) in [6.07, 6.45) is 6.20. The zero-order valence-corrected chi connectivity index (χ0v) is 12.1. The first-order chi connectivity index (χ1) is 8.57. The zero-order chi connectivity index (χ0) is 13.4. The Hall–Kier alpha value is -0.930. The minimum Gasteiger partial charge on any atom is -0.379 e. The van der Waals surface area contributed by atoms with E-state index in [2.05, 4.69) is 30.2 Å². The van der Waals surface area contributed by atoms with Crippen molar-refractivity contribution in [2.24, 2.45) is 0 Å². The molecule has 0 aromatic carbocycles. The molecule has 1 atom stereocenters. The molecule has 1 unspecified atom stereocenters. The van der Waals surface area contributed by atoms with Crippen LogP contribution in [-0.4, -0.2) is 30.8 Å². The molecule has 0 aliphatic carbocycles. The summed E-state index contributed by atoms with van der Waals surface area (Å²) in [5.74, 6) is 0. The van der Waals surface area contributed by atoms with Gasteiger partial charge in [-0.2, -0.15) is 0 Å². The Labute approximate surface area is 111 Å². The van der Waals surface area contributed by atoms with Crippen molar-refractivity contribution < 1.29 is 4.74 Å². The molecule has 1 rings (SSSR count). The number of hydrogen-bond donors (Lipinski definition) is 1. The Morgan fingerprint density at radius 3 is 2.67 bits per heavy atom. The molecule has 18 heavy (non-hydrogen) atoms. The summed E-state index contributed by atoms with van der Waals surface area (Å²) in [6, 6.07) is 6.62. The van der Waals surface area contributed by atoms with Crippen LogP contribution in [0.3, 0.4) is 0 Å². The average molecular weight is 250 g/mol. The molecule has 0 aliphatic rings. The van der Waals surface area contributed by atoms with Gasteiger partial charge in [0, 0.05) is 25.0 Å². The van der Waals surface area contributed by atoms with Gasteiger partial charge in [0.25, 0.3) is 0 Å². The van der Waals surface area contributed by atoms with Crippen LogP contribution in [0.1, 0.15) is 38.8 Å². The highest BCUT2D eigenvalue weighted by Crippen LogP contribution is 2.18. The molecule has 1 aromatic heterocycles. The van der Waals surface area contributed by atoms with Gasteiger partial charge in [-0.3, -0.25) is 4.98 Å². The Morgan fingerprint density at radius 1 is 1.33 bits per heavy atom. The van der Waals surface area contributed by atoms with Crippen molar-refractivity contribution in [1.29, 1.82) is 0 Å². The Morgan fingerprint density at radius 2 is 2.11 bits per heavy atom. The number of methoxy groups -OCH3 is 1. The van der Waals surface area contributed by atoms with Gasteiger partial charge >= 0.3 is 0 Å². The lowest BCUT2D eigenvalue weighted by Gasteiger charge is -2.25. The van der Waals surface area contributed by atoms with Crippen molar-refractivity contribution in [2.75, 3.05) is 14.2 Å². The second-order valence-corrected chi connectivity index (χ2v) is 5.35. The van der Waals surface area contributed by atoms with Gasteiger partial charge in [0.2, 0.25) is 0 Å². The van der Waals surface area contributed by atoms with Crippen molar-refractivity contribution in [3.63, 3.8) is 0 Å². The molecule has 0 spiro atoms. The fourth-order valence-electron chi connectivity index (χ4n) is 1.93. The maximum Gasteiger partial charge on any atom is 0.0623 e. The third-order valence-electron chi connectivity index (χ3n) is 3.53. The molecule has 0 fully saturated rings. The molecule has 0 aliphatic heterocycles. The Kier molecular flexibility index (Phi) is 6.30. The predicted octanol–water partition coefficient (Wildman–Crippen LogP) is 2.81. The molecule has 1 aromatic rings. The smallest absolute Gasteiger partial charge is 0.0623 e. The second-order valence-electron chi connectivity index (χ2n) is 5.35. The first kappa shape index (κ1) is 15.1. The largest absolute Gasteiger partial charge is 0.379 e. The van der Waals surface area contributed by atoms with Crippen molar-refractivity contribution in [1.82, 2.24) is 10.3 Å². The fourth-order valence-corrected chi connectivity index (χ4v) is 1.93. The minimum absolute atomic E-state index is 0.0277. The van der Waals surface area contributed by atoms with Crippen LogP contribution < -0.4 is 5.32 Å². The Balaban J connectivity index is 2.34. The summed E-state index contributed by atoms with van der Waals surface area (Å²) < 4.78 is 5.46. The van der Waals surface area contributed by atoms with Gasteiger partial charge in [0.05, 0.1) is 5.60 Å². The second kappa shape index (κ2) is 7.49. The van der Waals surface area contributed by atoms with Crippen molar-refractivity contribution in [3.8, 4) is 0 Å². The summed E-state index contributed by atoms with van der Waals surface area (Å²) in [7, 11) is 3.81. The maximum absolute atomic E-state index is 5.46. The van der Waals surface area contributed by atoms with E-state index < -0.39 is 0 Å². The van der Waals surface area contributed by atoms with Crippen LogP contribution in [0.4, 0.5) is 0 Å². The molecule has 102 valence electrons. The molecular formula is C15H26N2O. The number of nitrogens with one attached hydrogen (secondary N) is 1. The Bertz CT molecular complexity index is 325. The highest BCUT2D eigenvalue weighted by molar-refractivity contribution is 5.03. The number of ether oxygens (including phenoxy) is 1. The number of nitrogens with zero attached hydrogens (tertiary/aromatic N) is 1. The van der Waals surface area contributed by atoms with Crippen molar-refractivity contribution in [2.45, 2.75) is 51.2 Å². The molecule has 0 saturated heterocycles. The van der Waals surface area contributed by atoms with E-state index in [0.29, 0.717) is 6.04 Å². The van der Waals surface area contributed by atoms with Crippen LogP contribution in [0.2, 0.25) is 0 Å². The third kappa shape index (κ3) is 5.61. The molecule has 0 radical (unpaired) electrons. The van der Waals surface area contributed by atoms with E-state index in [4.69, 9.17) is 4.74 Å². The molecule has 0 saturated carbocycles. The molecule has 3 heteroatoms. The van der Waals surface area contributed by atoms with Gasteiger partial charge < -0.3 is 10.1 Å². The van der Waals surface area contributed by atoms with E-state index >= 15 is 0 Å². The molecule has 1 heterocycles. The quantitative estimate of drug-likeness (QED) is 0.770. The summed E-state index contributed by atoms with van der Waals surface area (Å²) in [5, 5.41) is 3.39. The van der Waals surface area contributed by atoms with Crippen LogP contribution >= 0.6 is 0 Å². The van der Waals surface area contributed by atoms with E-state index in [-0.39, 0.29) is 5.60 Å². The fraction of sp³-hybridized carbons (Fsp3) is 0.667. The number of rotatable bonds is 8. The van der Waals surface area contributed by atoms with E-state index in [9.17, 15) is 0 Å². The first-order valence-electron chi connectivity index (χ1n) is 6.70. The van der Waals surface area contributed by atoms with Gasteiger partial charge in [-0.15, -0.1) is 0 Å². The van der Waals surface area contributed by atoms with Crippen LogP contribution in [0.25, 0.3) is 0 Å². The van der Waals surface area contributed by atoms with Gasteiger partial charge in [0.1, 0.15) is 0 Å². The predicted molar refractivity (Wildman–Crippen MR) is 75.7 cm³/mol. The van der Waals surface area contributed by atoms with Gasteiger partial charge in [-0.05, 0) is 58.7 Å². The summed E-state index contributed by atoms with van der Waals surface area (Å²) in [6.45, 7) is 4.27. The molecule has 1 N–H and O–H groups in total. The highest BCUT2D eigenvalue weighted by atomic mass is 16.5. The summed E-state index contributed by atoms with van der Waals surface area (Å²) >= 11 is 0. The monoisotopic (exact) mass is 250 g/mol. The van der Waals surface area contributed by atoms with Crippen LogP contribution in [0.5, 0.6) is 0 Å². The van der Waals surface area contributed by atoms with E-state index in [1.165, 1.54) is 5.69 Å². The van der Waals surface area contributed by atoms with Crippen LogP contribution in [0.15, 0.2) is 24.4 Å². The highest BCUT2D eigenvalue weighted by Gasteiger charge is 2.18. The lowest BCUT2D eigenvalue weighted by Crippen LogP contribution is -2.30. The third-order valence-corrected chi connectivity index (χ3v) is 3.53. The van der Waals surface area contributed by atoms with Gasteiger partial charge in [0.15, 0.2) is 0 Å². The molecular weight excluding hydrogens is 224 g/mol. The lowest BCUT2D eigenvalue weighted by molar-refractivity contribution is 0.0117. The number of aryl methyl sites for hydroxylation is 1. The number of hydrogen-bond acceptors (Lipinski definition) is 3. The molecule has 3 nitrogen and oxygen atoms in total. The van der Waals surface area contributed by atoms with Crippen molar-refractivity contribution >= 4 is 0 Å². The molecule has 0 amide bonds. The first-order valence-corrected chi connectivity index (χ1v) is 6.70. The van der Waals surface area contributed by atoms with Crippen LogP contribution in [0, 0.1) is 0 Å². The zero-order valence-electron chi connectivity index (χ0n) is 12.1. The van der Waals surface area contributed by atoms with E-state index in [1.54, 1.807) is 7.11 Å². The van der Waals surface area contributed by atoms with Crippen molar-refractivity contribution in [3.05, 3.63) is 30.1 Å². The lowest BCUT2D eigenvalue weighted by atomic mass is 9.96. The minimum atomic E-state index is -0.0277. The maximum atomic E-state index is 5.46. The SMILES string of the molecule is CNC(CCc1ccccn1)CCC(C)(C)OC. The number of aromatic nitrogens is 1. The normalized spacial score (nSPS) is 13.6. The van der Waals surface area contributed by atoms with E-state index in [1.807, 2.05) is 25.4 Å². The number of pyridine rings is 1.